The number of imidazole rings is 1. The molecular formula is C6H11N2O3P. The van der Waals surface area contributed by atoms with Gasteiger partial charge in [0, 0.05) is 12.4 Å². The van der Waals surface area contributed by atoms with Crippen LogP contribution in [0.5, 0.6) is 0 Å². The molecule has 68 valence electrons. The normalized spacial score (nSPS) is 15.9. The van der Waals surface area contributed by atoms with Crippen molar-refractivity contribution in [2.24, 2.45) is 0 Å². The smallest absolute Gasteiger partial charge is 0.308 e. The Morgan fingerprint density at radius 2 is 2.50 bits per heavy atom. The summed E-state index contributed by atoms with van der Waals surface area (Å²) < 4.78 is 17.2. The van der Waals surface area contributed by atoms with Gasteiger partial charge in [0.25, 0.3) is 0 Å². The maximum Gasteiger partial charge on any atom is 0.437 e. The van der Waals surface area contributed by atoms with E-state index in [1.165, 1.54) is 12.4 Å². The molecule has 0 aromatic carbocycles. The fourth-order valence-corrected chi connectivity index (χ4v) is 1.98. The molecule has 0 fully saturated rings. The van der Waals surface area contributed by atoms with Crippen molar-refractivity contribution in [3.8, 4) is 0 Å². The number of aryl methyl sites for hydroxylation is 1. The van der Waals surface area contributed by atoms with Crippen molar-refractivity contribution < 1.29 is 14.0 Å². The monoisotopic (exact) mass is 190 g/mol. The highest BCUT2D eigenvalue weighted by molar-refractivity contribution is 7.51. The van der Waals surface area contributed by atoms with Crippen LogP contribution in [0, 0.1) is 6.92 Å². The van der Waals surface area contributed by atoms with E-state index in [4.69, 9.17) is 0 Å². The van der Waals surface area contributed by atoms with Gasteiger partial charge in [0.1, 0.15) is 5.82 Å². The van der Waals surface area contributed by atoms with Crippen LogP contribution in [0.3, 0.4) is 0 Å². The third kappa shape index (κ3) is 1.75. The van der Waals surface area contributed by atoms with Gasteiger partial charge < -0.3 is 4.89 Å². The van der Waals surface area contributed by atoms with E-state index < -0.39 is 7.75 Å². The first kappa shape index (κ1) is 9.45. The highest BCUT2D eigenvalue weighted by atomic mass is 31.2. The first-order valence-electron chi connectivity index (χ1n) is 3.56. The Hall–Kier alpha value is -0.640. The first-order chi connectivity index (χ1) is 5.58. The van der Waals surface area contributed by atoms with Gasteiger partial charge in [-0.2, -0.15) is 0 Å². The van der Waals surface area contributed by atoms with Crippen molar-refractivity contribution >= 4 is 7.75 Å². The molecule has 0 spiro atoms. The third-order valence-corrected chi connectivity index (χ3v) is 2.93. The van der Waals surface area contributed by atoms with Crippen molar-refractivity contribution in [2.75, 3.05) is 6.61 Å². The Morgan fingerprint density at radius 3 is 2.92 bits per heavy atom. The average molecular weight is 190 g/mol. The quantitative estimate of drug-likeness (QED) is 0.726. The summed E-state index contributed by atoms with van der Waals surface area (Å²) >= 11 is 0. The highest BCUT2D eigenvalue weighted by Gasteiger charge is 2.22. The summed E-state index contributed by atoms with van der Waals surface area (Å²) in [5.74, 6) is 0.467. The van der Waals surface area contributed by atoms with E-state index in [0.29, 0.717) is 5.82 Å². The number of hydrogen-bond acceptors (Lipinski definition) is 3. The molecule has 6 heteroatoms. The number of aromatic nitrogens is 2. The highest BCUT2D eigenvalue weighted by Crippen LogP contribution is 2.43. The zero-order valence-corrected chi connectivity index (χ0v) is 7.86. The van der Waals surface area contributed by atoms with E-state index in [2.05, 4.69) is 9.51 Å². The molecule has 0 saturated carbocycles. The lowest BCUT2D eigenvalue weighted by Crippen LogP contribution is -2.01. The van der Waals surface area contributed by atoms with Gasteiger partial charge in [-0.3, -0.25) is 4.52 Å². The fourth-order valence-electron chi connectivity index (χ4n) is 0.869. The summed E-state index contributed by atoms with van der Waals surface area (Å²) in [6.07, 6.45) is 2.88. The van der Waals surface area contributed by atoms with Crippen LogP contribution in [0.4, 0.5) is 0 Å². The predicted octanol–water partition coefficient (Wildman–Crippen LogP) is 1.18. The molecule has 1 unspecified atom stereocenters. The lowest BCUT2D eigenvalue weighted by molar-refractivity contribution is 0.264. The van der Waals surface area contributed by atoms with Crippen molar-refractivity contribution in [3.05, 3.63) is 18.2 Å². The maximum atomic E-state index is 11.4. The molecule has 5 nitrogen and oxygen atoms in total. The summed E-state index contributed by atoms with van der Waals surface area (Å²) in [4.78, 5) is 13.1. The van der Waals surface area contributed by atoms with Gasteiger partial charge in [0.15, 0.2) is 0 Å². The van der Waals surface area contributed by atoms with Gasteiger partial charge in [0.2, 0.25) is 0 Å². The Labute approximate surface area is 70.6 Å². The Bertz CT molecular complexity index is 309. The second-order valence-corrected chi connectivity index (χ2v) is 3.90. The molecule has 1 aromatic rings. The topological polar surface area (TPSA) is 64.3 Å². The van der Waals surface area contributed by atoms with E-state index in [1.54, 1.807) is 13.8 Å². The van der Waals surface area contributed by atoms with Crippen LogP contribution in [0.1, 0.15) is 12.7 Å². The van der Waals surface area contributed by atoms with Gasteiger partial charge >= 0.3 is 7.75 Å². The molecule has 0 aliphatic heterocycles. The summed E-state index contributed by atoms with van der Waals surface area (Å²) in [6, 6.07) is 0. The zero-order valence-electron chi connectivity index (χ0n) is 6.97. The Morgan fingerprint density at radius 1 is 1.83 bits per heavy atom. The second kappa shape index (κ2) is 3.39. The van der Waals surface area contributed by atoms with E-state index in [0.717, 1.165) is 4.34 Å². The zero-order chi connectivity index (χ0) is 9.19. The molecule has 0 saturated heterocycles. The van der Waals surface area contributed by atoms with Gasteiger partial charge in [-0.05, 0) is 13.8 Å². The summed E-state index contributed by atoms with van der Waals surface area (Å²) in [7, 11) is -3.68. The van der Waals surface area contributed by atoms with Gasteiger partial charge in [-0.25, -0.2) is 13.9 Å². The van der Waals surface area contributed by atoms with Crippen molar-refractivity contribution in [2.45, 2.75) is 13.8 Å². The van der Waals surface area contributed by atoms with Crippen molar-refractivity contribution in [1.29, 1.82) is 0 Å². The summed E-state index contributed by atoms with van der Waals surface area (Å²) in [5.41, 5.74) is 0. The van der Waals surface area contributed by atoms with Crippen molar-refractivity contribution in [3.63, 3.8) is 0 Å². The van der Waals surface area contributed by atoms with E-state index in [1.807, 2.05) is 0 Å². The minimum atomic E-state index is -3.68. The maximum absolute atomic E-state index is 11.4. The molecule has 12 heavy (non-hydrogen) atoms. The van der Waals surface area contributed by atoms with Gasteiger partial charge in [0.05, 0.1) is 6.61 Å². The fraction of sp³-hybridized carbons (Fsp3) is 0.500. The number of nitrogens with zero attached hydrogens (tertiary/aromatic N) is 2. The molecule has 1 heterocycles. The van der Waals surface area contributed by atoms with Gasteiger partial charge in [-0.1, -0.05) is 0 Å². The number of rotatable bonds is 3. The lowest BCUT2D eigenvalue weighted by atomic mass is 10.8. The summed E-state index contributed by atoms with van der Waals surface area (Å²) in [6.45, 7) is 3.50. The van der Waals surface area contributed by atoms with Crippen LogP contribution < -0.4 is 0 Å². The molecule has 1 atom stereocenters. The molecule has 1 aromatic heterocycles. The van der Waals surface area contributed by atoms with Crippen LogP contribution in [-0.2, 0) is 9.09 Å². The Balaban J connectivity index is 2.97. The molecule has 0 aliphatic carbocycles. The predicted molar refractivity (Wildman–Crippen MR) is 43.8 cm³/mol. The third-order valence-electron chi connectivity index (χ3n) is 1.37. The van der Waals surface area contributed by atoms with Crippen LogP contribution in [0.15, 0.2) is 12.4 Å². The van der Waals surface area contributed by atoms with Crippen LogP contribution >= 0.6 is 7.75 Å². The molecule has 1 rings (SSSR count). The van der Waals surface area contributed by atoms with Crippen molar-refractivity contribution in [1.82, 2.24) is 9.32 Å². The first-order valence-corrected chi connectivity index (χ1v) is 5.09. The molecule has 1 N–H and O–H groups in total. The van der Waals surface area contributed by atoms with Crippen LogP contribution in [0.2, 0.25) is 0 Å². The lowest BCUT2D eigenvalue weighted by Gasteiger charge is -2.11. The standard InChI is InChI=1S/C6H11N2O3P/c1-3-11-12(9,10)8-5-4-7-6(8)2/h4-5H,3H2,1-2H3,(H,9,10). The second-order valence-electron chi connectivity index (χ2n) is 2.23. The van der Waals surface area contributed by atoms with Gasteiger partial charge in [-0.15, -0.1) is 0 Å². The average Bonchev–Trinajstić information content (AvgIpc) is 2.35. The molecular weight excluding hydrogens is 179 g/mol. The minimum Gasteiger partial charge on any atom is -0.308 e. The summed E-state index contributed by atoms with van der Waals surface area (Å²) in [5, 5.41) is 0. The molecule has 0 bridgehead atoms. The van der Waals surface area contributed by atoms with E-state index in [9.17, 15) is 9.46 Å². The van der Waals surface area contributed by atoms with Crippen LogP contribution in [-0.4, -0.2) is 20.8 Å². The molecule has 0 radical (unpaired) electrons. The SMILES string of the molecule is CCOP(=O)(O)n1ccnc1C. The number of hydrogen-bond donors (Lipinski definition) is 1. The Kier molecular flexibility index (Phi) is 2.67. The molecule has 0 amide bonds. The minimum absolute atomic E-state index is 0.200. The van der Waals surface area contributed by atoms with E-state index in [-0.39, 0.29) is 6.61 Å². The molecule has 0 aliphatic rings. The van der Waals surface area contributed by atoms with Crippen LogP contribution in [0.25, 0.3) is 0 Å². The van der Waals surface area contributed by atoms with E-state index >= 15 is 0 Å². The largest absolute Gasteiger partial charge is 0.437 e.